The fourth-order valence-electron chi connectivity index (χ4n) is 4.71. The zero-order chi connectivity index (χ0) is 13.9. The fraction of sp³-hybridized carbons (Fsp3) is 1.00. The minimum Gasteiger partial charge on any atom is -0.310 e. The van der Waals surface area contributed by atoms with Gasteiger partial charge in [0.25, 0.3) is 0 Å². The Kier molecular flexibility index (Phi) is 5.00. The number of hydrogen-bond acceptors (Lipinski definition) is 3. The topological polar surface area (TPSA) is 18.5 Å². The Hall–Kier alpha value is -0.120. The van der Waals surface area contributed by atoms with Crippen LogP contribution in [0.5, 0.6) is 0 Å². The first-order valence-electron chi connectivity index (χ1n) is 8.84. The van der Waals surface area contributed by atoms with Crippen molar-refractivity contribution in [3.8, 4) is 0 Å². The molecule has 2 heterocycles. The maximum atomic E-state index is 3.92. The lowest BCUT2D eigenvalue weighted by Crippen LogP contribution is -2.42. The maximum Gasteiger partial charge on any atom is 0.0200 e. The molecule has 0 spiro atoms. The Bertz CT molecular complexity index is 285. The van der Waals surface area contributed by atoms with E-state index in [1.165, 1.54) is 71.1 Å². The summed E-state index contributed by atoms with van der Waals surface area (Å²) in [7, 11) is 4.59. The second kappa shape index (κ2) is 6.76. The largest absolute Gasteiger partial charge is 0.310 e. The Morgan fingerprint density at radius 3 is 2.55 bits per heavy atom. The van der Waals surface area contributed by atoms with Gasteiger partial charge in [0.05, 0.1) is 0 Å². The molecule has 3 aliphatic rings. The lowest BCUT2D eigenvalue weighted by atomic mass is 9.85. The molecule has 2 aliphatic heterocycles. The molecule has 0 aromatic carbocycles. The molecule has 3 nitrogen and oxygen atoms in total. The maximum absolute atomic E-state index is 3.92. The molecule has 0 aromatic rings. The zero-order valence-corrected chi connectivity index (χ0v) is 13.5. The van der Waals surface area contributed by atoms with E-state index in [0.717, 1.165) is 23.9 Å². The normalized spacial score (nSPS) is 36.5. The first kappa shape index (κ1) is 14.8. The van der Waals surface area contributed by atoms with Crippen LogP contribution in [-0.2, 0) is 0 Å². The molecular formula is C17H33N3. The fourth-order valence-corrected chi connectivity index (χ4v) is 4.71. The Labute approximate surface area is 125 Å². The van der Waals surface area contributed by atoms with Crippen molar-refractivity contribution in [1.82, 2.24) is 15.1 Å². The molecule has 116 valence electrons. The third-order valence-electron chi connectivity index (χ3n) is 5.89. The molecule has 2 saturated heterocycles. The van der Waals surface area contributed by atoms with Crippen molar-refractivity contribution in [1.29, 1.82) is 0 Å². The summed E-state index contributed by atoms with van der Waals surface area (Å²) in [6, 6.07) is 1.62. The smallest absolute Gasteiger partial charge is 0.0200 e. The van der Waals surface area contributed by atoms with E-state index in [4.69, 9.17) is 0 Å². The van der Waals surface area contributed by atoms with Gasteiger partial charge in [-0.15, -0.1) is 0 Å². The van der Waals surface area contributed by atoms with Gasteiger partial charge in [-0.25, -0.2) is 0 Å². The van der Waals surface area contributed by atoms with Crippen molar-refractivity contribution >= 4 is 0 Å². The third kappa shape index (κ3) is 3.75. The first-order valence-corrected chi connectivity index (χ1v) is 8.84. The van der Waals surface area contributed by atoms with E-state index in [0.29, 0.717) is 0 Å². The average molecular weight is 279 g/mol. The number of hydrogen-bond donors (Lipinski definition) is 1. The van der Waals surface area contributed by atoms with Crippen molar-refractivity contribution in [2.24, 2.45) is 11.8 Å². The molecule has 3 atom stereocenters. The summed E-state index contributed by atoms with van der Waals surface area (Å²) >= 11 is 0. The summed E-state index contributed by atoms with van der Waals surface area (Å²) in [5, 5.41) is 3.92. The van der Waals surface area contributed by atoms with E-state index < -0.39 is 0 Å². The SMILES string of the molecule is CN1CCC(CN(C)CC2CC3CCCCC3N2)CC1. The van der Waals surface area contributed by atoms with Gasteiger partial charge in [0.1, 0.15) is 0 Å². The van der Waals surface area contributed by atoms with Crippen LogP contribution in [0.2, 0.25) is 0 Å². The number of rotatable bonds is 4. The van der Waals surface area contributed by atoms with Gasteiger partial charge < -0.3 is 15.1 Å². The Balaban J connectivity index is 1.39. The van der Waals surface area contributed by atoms with Crippen LogP contribution in [0.15, 0.2) is 0 Å². The van der Waals surface area contributed by atoms with Gasteiger partial charge in [-0.3, -0.25) is 0 Å². The van der Waals surface area contributed by atoms with Crippen LogP contribution in [-0.4, -0.2) is 62.2 Å². The van der Waals surface area contributed by atoms with Gasteiger partial charge in [0.15, 0.2) is 0 Å². The van der Waals surface area contributed by atoms with Crippen molar-refractivity contribution < 1.29 is 0 Å². The molecule has 3 fully saturated rings. The van der Waals surface area contributed by atoms with Crippen LogP contribution in [0.4, 0.5) is 0 Å². The molecule has 1 N–H and O–H groups in total. The Morgan fingerprint density at radius 2 is 1.80 bits per heavy atom. The minimum atomic E-state index is 0.763. The van der Waals surface area contributed by atoms with Crippen molar-refractivity contribution in [2.45, 2.75) is 57.0 Å². The predicted molar refractivity (Wildman–Crippen MR) is 85.0 cm³/mol. The molecule has 20 heavy (non-hydrogen) atoms. The highest BCUT2D eigenvalue weighted by Crippen LogP contribution is 2.33. The van der Waals surface area contributed by atoms with Crippen LogP contribution >= 0.6 is 0 Å². The number of nitrogens with one attached hydrogen (secondary N) is 1. The second-order valence-corrected chi connectivity index (χ2v) is 7.72. The Morgan fingerprint density at radius 1 is 1.05 bits per heavy atom. The lowest BCUT2D eigenvalue weighted by molar-refractivity contribution is 0.170. The van der Waals surface area contributed by atoms with Gasteiger partial charge in [-0.1, -0.05) is 12.8 Å². The van der Waals surface area contributed by atoms with Crippen LogP contribution in [0, 0.1) is 11.8 Å². The zero-order valence-electron chi connectivity index (χ0n) is 13.5. The van der Waals surface area contributed by atoms with Crippen LogP contribution in [0.25, 0.3) is 0 Å². The van der Waals surface area contributed by atoms with E-state index in [2.05, 4.69) is 29.2 Å². The van der Waals surface area contributed by atoms with E-state index in [9.17, 15) is 0 Å². The monoisotopic (exact) mass is 279 g/mol. The molecule has 0 aromatic heterocycles. The summed E-state index contributed by atoms with van der Waals surface area (Å²) in [5.41, 5.74) is 0. The highest BCUT2D eigenvalue weighted by molar-refractivity contribution is 4.93. The highest BCUT2D eigenvalue weighted by atomic mass is 15.2. The molecule has 3 heteroatoms. The molecule has 1 saturated carbocycles. The van der Waals surface area contributed by atoms with Crippen LogP contribution in [0.3, 0.4) is 0 Å². The standard InChI is InChI=1S/C17H33N3/c1-19-9-7-14(8-10-19)12-20(2)13-16-11-15-5-3-4-6-17(15)18-16/h14-18H,3-13H2,1-2H3. The van der Waals surface area contributed by atoms with Gasteiger partial charge in [0, 0.05) is 25.2 Å². The van der Waals surface area contributed by atoms with Gasteiger partial charge in [-0.05, 0) is 71.1 Å². The van der Waals surface area contributed by atoms with Crippen molar-refractivity contribution in [3.63, 3.8) is 0 Å². The summed E-state index contributed by atoms with van der Waals surface area (Å²) in [6.45, 7) is 5.16. The van der Waals surface area contributed by atoms with Crippen LogP contribution in [0.1, 0.15) is 44.9 Å². The highest BCUT2D eigenvalue weighted by Gasteiger charge is 2.35. The summed E-state index contributed by atoms with van der Waals surface area (Å²) in [5.74, 6) is 1.92. The molecule has 0 amide bonds. The van der Waals surface area contributed by atoms with Gasteiger partial charge in [-0.2, -0.15) is 0 Å². The molecule has 3 rings (SSSR count). The number of likely N-dealkylation sites (N-methyl/N-ethyl adjacent to an activating group) is 1. The molecule has 0 radical (unpaired) electrons. The average Bonchev–Trinajstić information content (AvgIpc) is 2.83. The number of fused-ring (bicyclic) bond motifs is 1. The number of nitrogens with zero attached hydrogens (tertiary/aromatic N) is 2. The molecule has 1 aliphatic carbocycles. The molecule has 0 bridgehead atoms. The summed E-state index contributed by atoms with van der Waals surface area (Å²) in [6.07, 6.45) is 10.1. The second-order valence-electron chi connectivity index (χ2n) is 7.72. The molecular weight excluding hydrogens is 246 g/mol. The minimum absolute atomic E-state index is 0.763. The van der Waals surface area contributed by atoms with Gasteiger partial charge in [0.2, 0.25) is 0 Å². The summed E-state index contributed by atoms with van der Waals surface area (Å²) in [4.78, 5) is 5.07. The molecule has 3 unspecified atom stereocenters. The number of likely N-dealkylation sites (tertiary alicyclic amines) is 1. The van der Waals surface area contributed by atoms with Gasteiger partial charge >= 0.3 is 0 Å². The van der Waals surface area contributed by atoms with E-state index in [1.54, 1.807) is 0 Å². The number of piperidine rings is 1. The summed E-state index contributed by atoms with van der Waals surface area (Å²) < 4.78 is 0. The predicted octanol–water partition coefficient (Wildman–Crippen LogP) is 2.18. The van der Waals surface area contributed by atoms with Crippen molar-refractivity contribution in [2.75, 3.05) is 40.3 Å². The van der Waals surface area contributed by atoms with E-state index in [-0.39, 0.29) is 0 Å². The van der Waals surface area contributed by atoms with E-state index >= 15 is 0 Å². The van der Waals surface area contributed by atoms with Crippen LogP contribution < -0.4 is 5.32 Å². The quantitative estimate of drug-likeness (QED) is 0.851. The third-order valence-corrected chi connectivity index (χ3v) is 5.89. The lowest BCUT2D eigenvalue weighted by Gasteiger charge is -2.32. The first-order chi connectivity index (χ1) is 9.70. The van der Waals surface area contributed by atoms with Crippen molar-refractivity contribution in [3.05, 3.63) is 0 Å². The van der Waals surface area contributed by atoms with E-state index in [1.807, 2.05) is 0 Å².